The van der Waals surface area contributed by atoms with Gasteiger partial charge < -0.3 is 26.8 Å². The van der Waals surface area contributed by atoms with E-state index in [-0.39, 0.29) is 23.5 Å². The average molecular weight is 241 g/mol. The van der Waals surface area contributed by atoms with Crippen molar-refractivity contribution in [2.24, 2.45) is 11.5 Å². The topological polar surface area (TPSA) is 126 Å². The summed E-state index contributed by atoms with van der Waals surface area (Å²) < 4.78 is 5.33. The van der Waals surface area contributed by atoms with Gasteiger partial charge in [0, 0.05) is 18.8 Å². The van der Waals surface area contributed by atoms with E-state index in [9.17, 15) is 4.79 Å². The molecule has 0 bridgehead atoms. The summed E-state index contributed by atoms with van der Waals surface area (Å²) in [6.45, 7) is 1.24. The van der Waals surface area contributed by atoms with Gasteiger partial charge in [-0.2, -0.15) is 0 Å². The molecule has 0 aromatic heterocycles. The first-order chi connectivity index (χ1) is 8.06. The summed E-state index contributed by atoms with van der Waals surface area (Å²) in [5.74, 6) is -1.06. The van der Waals surface area contributed by atoms with Gasteiger partial charge in [0.15, 0.2) is 0 Å². The second-order valence-corrected chi connectivity index (χ2v) is 3.87. The van der Waals surface area contributed by atoms with Crippen molar-refractivity contribution in [1.29, 1.82) is 5.41 Å². The molecular weight excluding hydrogens is 222 g/mol. The molecule has 1 heterocycles. The van der Waals surface area contributed by atoms with Crippen LogP contribution in [0.15, 0.2) is 11.8 Å². The van der Waals surface area contributed by atoms with Gasteiger partial charge in [-0.25, -0.2) is 0 Å². The number of carbonyl (C=O) groups excluding carboxylic acids is 1. The van der Waals surface area contributed by atoms with Gasteiger partial charge in [-0.3, -0.25) is 10.2 Å². The van der Waals surface area contributed by atoms with Crippen LogP contribution in [0.2, 0.25) is 0 Å². The standard InChI is InChI=1S/C10H19N5O2/c1-14-7-2-3-17-5-8(7)15-4-6(9(11)12)10(13)16/h4,7-8,14-15H,2-3,5H2,1H3,(H3,11,12)(H2,13,16)/b6-4+/t7?,8-/m0/s1. The van der Waals surface area contributed by atoms with E-state index in [1.807, 2.05) is 7.05 Å². The Morgan fingerprint density at radius 2 is 2.18 bits per heavy atom. The molecule has 0 aliphatic carbocycles. The van der Waals surface area contributed by atoms with Crippen LogP contribution in [0.4, 0.5) is 0 Å². The number of amides is 1. The summed E-state index contributed by atoms with van der Waals surface area (Å²) in [7, 11) is 1.87. The third kappa shape index (κ3) is 3.72. The highest BCUT2D eigenvalue weighted by Crippen LogP contribution is 2.07. The predicted molar refractivity (Wildman–Crippen MR) is 64.4 cm³/mol. The molecule has 0 spiro atoms. The van der Waals surface area contributed by atoms with Crippen molar-refractivity contribution in [3.63, 3.8) is 0 Å². The predicted octanol–water partition coefficient (Wildman–Crippen LogP) is -1.74. The van der Waals surface area contributed by atoms with Crippen molar-refractivity contribution in [3.05, 3.63) is 11.8 Å². The first-order valence-corrected chi connectivity index (χ1v) is 5.41. The lowest BCUT2D eigenvalue weighted by atomic mass is 10.0. The maximum atomic E-state index is 11.0. The lowest BCUT2D eigenvalue weighted by Crippen LogP contribution is -2.51. The van der Waals surface area contributed by atoms with E-state index in [0.29, 0.717) is 13.2 Å². The van der Waals surface area contributed by atoms with Crippen molar-refractivity contribution in [1.82, 2.24) is 10.6 Å². The highest BCUT2D eigenvalue weighted by Gasteiger charge is 2.23. The zero-order valence-electron chi connectivity index (χ0n) is 9.82. The summed E-state index contributed by atoms with van der Waals surface area (Å²) >= 11 is 0. The Morgan fingerprint density at radius 3 is 2.71 bits per heavy atom. The quantitative estimate of drug-likeness (QED) is 0.222. The number of likely N-dealkylation sites (N-methyl/N-ethyl adjacent to an activating group) is 1. The fraction of sp³-hybridized carbons (Fsp3) is 0.600. The van der Waals surface area contributed by atoms with Crippen LogP contribution in [0, 0.1) is 5.41 Å². The summed E-state index contributed by atoms with van der Waals surface area (Å²) in [6.07, 6.45) is 2.27. The molecule has 7 N–H and O–H groups in total. The third-order valence-corrected chi connectivity index (χ3v) is 2.72. The third-order valence-electron chi connectivity index (χ3n) is 2.72. The van der Waals surface area contributed by atoms with E-state index in [0.717, 1.165) is 6.42 Å². The minimum absolute atomic E-state index is 0.0228. The Labute approximate surface area is 100 Å². The van der Waals surface area contributed by atoms with E-state index in [1.165, 1.54) is 6.20 Å². The Bertz CT molecular complexity index is 313. The van der Waals surface area contributed by atoms with E-state index >= 15 is 0 Å². The van der Waals surface area contributed by atoms with Crippen molar-refractivity contribution in [2.75, 3.05) is 20.3 Å². The van der Waals surface area contributed by atoms with Gasteiger partial charge in [-0.15, -0.1) is 0 Å². The number of carbonyl (C=O) groups is 1. The average Bonchev–Trinajstić information content (AvgIpc) is 2.29. The van der Waals surface area contributed by atoms with Crippen LogP contribution in [-0.2, 0) is 9.53 Å². The van der Waals surface area contributed by atoms with Crippen molar-refractivity contribution in [2.45, 2.75) is 18.5 Å². The van der Waals surface area contributed by atoms with Crippen LogP contribution in [-0.4, -0.2) is 44.1 Å². The maximum Gasteiger partial charge on any atom is 0.253 e. The highest BCUT2D eigenvalue weighted by atomic mass is 16.5. The van der Waals surface area contributed by atoms with Crippen molar-refractivity contribution >= 4 is 11.7 Å². The van der Waals surface area contributed by atoms with Crippen LogP contribution in [0.5, 0.6) is 0 Å². The van der Waals surface area contributed by atoms with Gasteiger partial charge in [-0.1, -0.05) is 0 Å². The molecule has 0 aromatic rings. The van der Waals surface area contributed by atoms with Crippen LogP contribution in [0.25, 0.3) is 0 Å². The number of nitrogens with one attached hydrogen (secondary N) is 3. The molecule has 1 unspecified atom stereocenters. The summed E-state index contributed by atoms with van der Waals surface area (Å²) in [4.78, 5) is 11.0. The Balaban J connectivity index is 2.65. The highest BCUT2D eigenvalue weighted by molar-refractivity contribution is 6.18. The minimum atomic E-state index is -0.720. The Kier molecular flexibility index (Phi) is 4.92. The number of nitrogens with two attached hydrogens (primary N) is 2. The number of rotatable bonds is 5. The van der Waals surface area contributed by atoms with Gasteiger partial charge >= 0.3 is 0 Å². The monoisotopic (exact) mass is 241 g/mol. The first kappa shape index (κ1) is 13.5. The number of ether oxygens (including phenoxy) is 1. The molecule has 1 aliphatic rings. The molecule has 17 heavy (non-hydrogen) atoms. The summed E-state index contributed by atoms with van der Waals surface area (Å²) in [5, 5.41) is 13.4. The number of primary amides is 1. The lowest BCUT2D eigenvalue weighted by Gasteiger charge is -2.31. The van der Waals surface area contributed by atoms with Crippen molar-refractivity contribution in [3.8, 4) is 0 Å². The van der Waals surface area contributed by atoms with Gasteiger partial charge in [0.1, 0.15) is 5.84 Å². The molecule has 1 fully saturated rings. The molecule has 7 nitrogen and oxygen atoms in total. The molecule has 0 saturated carbocycles. The second-order valence-electron chi connectivity index (χ2n) is 3.87. The number of hydrogen-bond acceptors (Lipinski definition) is 5. The maximum absolute atomic E-state index is 11.0. The van der Waals surface area contributed by atoms with E-state index < -0.39 is 5.91 Å². The van der Waals surface area contributed by atoms with Crippen LogP contribution < -0.4 is 22.1 Å². The minimum Gasteiger partial charge on any atom is -0.384 e. The molecule has 7 heteroatoms. The number of hydrogen-bond donors (Lipinski definition) is 5. The van der Waals surface area contributed by atoms with Gasteiger partial charge in [0.25, 0.3) is 5.91 Å². The molecule has 1 rings (SSSR count). The van der Waals surface area contributed by atoms with E-state index in [2.05, 4.69) is 10.6 Å². The first-order valence-electron chi connectivity index (χ1n) is 5.41. The molecule has 1 aliphatic heterocycles. The molecular formula is C10H19N5O2. The van der Waals surface area contributed by atoms with Crippen LogP contribution in [0.1, 0.15) is 6.42 Å². The largest absolute Gasteiger partial charge is 0.384 e. The summed E-state index contributed by atoms with van der Waals surface area (Å²) in [6, 6.07) is 0.281. The van der Waals surface area contributed by atoms with Crippen LogP contribution >= 0.6 is 0 Å². The molecule has 96 valence electrons. The zero-order valence-corrected chi connectivity index (χ0v) is 9.82. The fourth-order valence-corrected chi connectivity index (χ4v) is 1.72. The second kappa shape index (κ2) is 6.21. The Hall–Kier alpha value is -1.60. The molecule has 2 atom stereocenters. The fourth-order valence-electron chi connectivity index (χ4n) is 1.72. The van der Waals surface area contributed by atoms with E-state index in [1.54, 1.807) is 0 Å². The smallest absolute Gasteiger partial charge is 0.253 e. The SMILES string of the molecule is CNC1CCOC[C@@H]1N/C=C(\C(=N)N)C(N)=O. The number of amidine groups is 1. The molecule has 1 saturated heterocycles. The van der Waals surface area contributed by atoms with Crippen molar-refractivity contribution < 1.29 is 9.53 Å². The zero-order chi connectivity index (χ0) is 12.8. The van der Waals surface area contributed by atoms with Gasteiger partial charge in [0.05, 0.1) is 18.2 Å². The lowest BCUT2D eigenvalue weighted by molar-refractivity contribution is -0.114. The molecule has 1 amide bonds. The van der Waals surface area contributed by atoms with E-state index in [4.69, 9.17) is 21.6 Å². The van der Waals surface area contributed by atoms with Gasteiger partial charge in [0.2, 0.25) is 0 Å². The summed E-state index contributed by atoms with van der Waals surface area (Å²) in [5.41, 5.74) is 10.3. The Morgan fingerprint density at radius 1 is 1.47 bits per heavy atom. The van der Waals surface area contributed by atoms with Crippen LogP contribution in [0.3, 0.4) is 0 Å². The van der Waals surface area contributed by atoms with Gasteiger partial charge in [-0.05, 0) is 13.5 Å². The molecule has 0 aromatic carbocycles. The molecule has 0 radical (unpaired) electrons. The normalized spacial score (nSPS) is 25.4.